The Balaban J connectivity index is 2.37. The summed E-state index contributed by atoms with van der Waals surface area (Å²) in [6.07, 6.45) is -5.91. The zero-order valence-electron chi connectivity index (χ0n) is 7.72. The molecule has 1 heterocycles. The van der Waals surface area contributed by atoms with Gasteiger partial charge in [-0.3, -0.25) is 0 Å². The van der Waals surface area contributed by atoms with Crippen LogP contribution in [0.2, 0.25) is 5.02 Å². The van der Waals surface area contributed by atoms with Crippen LogP contribution in [0.25, 0.3) is 0 Å². The standard InChI is InChI=1S/C9H10ClF3OS/c10-6-3-5-15-8(6)7(14)2-1-4-9(11,12)13/h3,5,7,14H,1-2,4H2. The van der Waals surface area contributed by atoms with Crippen molar-refractivity contribution in [3.63, 3.8) is 0 Å². The van der Waals surface area contributed by atoms with Gasteiger partial charge in [-0.25, -0.2) is 0 Å². The molecule has 0 aliphatic carbocycles. The molecule has 0 saturated heterocycles. The molecule has 6 heteroatoms. The van der Waals surface area contributed by atoms with E-state index in [1.54, 1.807) is 11.4 Å². The van der Waals surface area contributed by atoms with E-state index in [1.807, 2.05) is 0 Å². The van der Waals surface area contributed by atoms with Gasteiger partial charge in [-0.2, -0.15) is 13.2 Å². The average Bonchev–Trinajstić information content (AvgIpc) is 2.48. The summed E-state index contributed by atoms with van der Waals surface area (Å²) < 4.78 is 35.5. The minimum atomic E-state index is -4.15. The van der Waals surface area contributed by atoms with Crippen LogP contribution in [0.5, 0.6) is 0 Å². The zero-order chi connectivity index (χ0) is 11.5. The fourth-order valence-electron chi connectivity index (χ4n) is 1.17. The van der Waals surface area contributed by atoms with E-state index in [-0.39, 0.29) is 12.8 Å². The van der Waals surface area contributed by atoms with Crippen LogP contribution in [-0.2, 0) is 0 Å². The van der Waals surface area contributed by atoms with Gasteiger partial charge in [0.1, 0.15) is 0 Å². The fraction of sp³-hybridized carbons (Fsp3) is 0.556. The van der Waals surface area contributed by atoms with Crippen molar-refractivity contribution in [2.45, 2.75) is 31.5 Å². The summed E-state index contributed by atoms with van der Waals surface area (Å²) in [6, 6.07) is 1.62. The largest absolute Gasteiger partial charge is 0.389 e. The van der Waals surface area contributed by atoms with E-state index in [2.05, 4.69) is 0 Å². The molecule has 0 radical (unpaired) electrons. The maximum atomic E-state index is 11.8. The van der Waals surface area contributed by atoms with Gasteiger partial charge < -0.3 is 5.11 Å². The Morgan fingerprint density at radius 2 is 2.13 bits per heavy atom. The molecule has 1 N–H and O–H groups in total. The first-order valence-corrected chi connectivity index (χ1v) is 5.63. The summed E-state index contributed by atoms with van der Waals surface area (Å²) in [5.41, 5.74) is 0. The molecule has 1 aromatic heterocycles. The molecule has 0 spiro atoms. The van der Waals surface area contributed by atoms with Crippen molar-refractivity contribution in [1.29, 1.82) is 0 Å². The van der Waals surface area contributed by atoms with Gasteiger partial charge in [0, 0.05) is 6.42 Å². The molecule has 1 aromatic rings. The Bertz CT molecular complexity index is 311. The lowest BCUT2D eigenvalue weighted by molar-refractivity contribution is -0.136. The van der Waals surface area contributed by atoms with Crippen molar-refractivity contribution >= 4 is 22.9 Å². The molecule has 1 unspecified atom stereocenters. The Morgan fingerprint density at radius 1 is 1.47 bits per heavy atom. The lowest BCUT2D eigenvalue weighted by Crippen LogP contribution is -2.07. The van der Waals surface area contributed by atoms with E-state index >= 15 is 0 Å². The number of halogens is 4. The molecule has 0 bridgehead atoms. The third-order valence-corrected chi connectivity index (χ3v) is 3.34. The Labute approximate surface area is 94.5 Å². The molecule has 0 fully saturated rings. The number of alkyl halides is 3. The highest BCUT2D eigenvalue weighted by molar-refractivity contribution is 7.10. The molecular formula is C9H10ClF3OS. The number of thiophene rings is 1. The van der Waals surface area contributed by atoms with Gasteiger partial charge in [0.2, 0.25) is 0 Å². The van der Waals surface area contributed by atoms with Crippen molar-refractivity contribution in [1.82, 2.24) is 0 Å². The summed E-state index contributed by atoms with van der Waals surface area (Å²) >= 11 is 6.98. The van der Waals surface area contributed by atoms with Gasteiger partial charge in [-0.1, -0.05) is 11.6 Å². The monoisotopic (exact) mass is 258 g/mol. The molecule has 1 atom stereocenters. The Kier molecular flexibility index (Phi) is 4.43. The summed E-state index contributed by atoms with van der Waals surface area (Å²) in [7, 11) is 0. The molecule has 0 aromatic carbocycles. The van der Waals surface area contributed by atoms with E-state index in [1.165, 1.54) is 11.3 Å². The minimum Gasteiger partial charge on any atom is -0.388 e. The molecule has 1 nitrogen and oxygen atoms in total. The summed E-state index contributed by atoms with van der Waals surface area (Å²) in [6.45, 7) is 0. The first-order chi connectivity index (χ1) is 6.90. The predicted molar refractivity (Wildman–Crippen MR) is 54.2 cm³/mol. The topological polar surface area (TPSA) is 20.2 Å². The smallest absolute Gasteiger partial charge is 0.388 e. The maximum Gasteiger partial charge on any atom is 0.389 e. The minimum absolute atomic E-state index is 0.0831. The van der Waals surface area contributed by atoms with E-state index < -0.39 is 18.7 Å². The quantitative estimate of drug-likeness (QED) is 0.859. The molecule has 15 heavy (non-hydrogen) atoms. The zero-order valence-corrected chi connectivity index (χ0v) is 9.29. The number of hydrogen-bond donors (Lipinski definition) is 1. The van der Waals surface area contributed by atoms with E-state index in [9.17, 15) is 18.3 Å². The first-order valence-electron chi connectivity index (χ1n) is 4.38. The van der Waals surface area contributed by atoms with Crippen molar-refractivity contribution in [3.05, 3.63) is 21.3 Å². The summed E-state index contributed by atoms with van der Waals surface area (Å²) in [4.78, 5) is 0.541. The molecule has 86 valence electrons. The number of aliphatic hydroxyl groups excluding tert-OH is 1. The van der Waals surface area contributed by atoms with Gasteiger partial charge in [0.25, 0.3) is 0 Å². The normalized spacial score (nSPS) is 14.2. The lowest BCUT2D eigenvalue weighted by atomic mass is 10.1. The van der Waals surface area contributed by atoms with Gasteiger partial charge >= 0.3 is 6.18 Å². The van der Waals surface area contributed by atoms with Crippen molar-refractivity contribution < 1.29 is 18.3 Å². The van der Waals surface area contributed by atoms with E-state index in [4.69, 9.17) is 11.6 Å². The third-order valence-electron chi connectivity index (χ3n) is 1.89. The Hall–Kier alpha value is -0.260. The highest BCUT2D eigenvalue weighted by atomic mass is 35.5. The summed E-state index contributed by atoms with van der Waals surface area (Å²) in [5.74, 6) is 0. The van der Waals surface area contributed by atoms with Crippen molar-refractivity contribution in [2.75, 3.05) is 0 Å². The van der Waals surface area contributed by atoms with E-state index in [0.29, 0.717) is 9.90 Å². The molecule has 0 amide bonds. The first kappa shape index (κ1) is 12.8. The van der Waals surface area contributed by atoms with Crippen molar-refractivity contribution in [2.24, 2.45) is 0 Å². The molecule has 0 aliphatic heterocycles. The summed E-state index contributed by atoms with van der Waals surface area (Å²) in [5, 5.41) is 11.7. The van der Waals surface area contributed by atoms with Crippen LogP contribution >= 0.6 is 22.9 Å². The van der Waals surface area contributed by atoms with Gasteiger partial charge in [0.05, 0.1) is 16.0 Å². The van der Waals surface area contributed by atoms with Crippen LogP contribution in [0.3, 0.4) is 0 Å². The van der Waals surface area contributed by atoms with Crippen LogP contribution < -0.4 is 0 Å². The number of rotatable bonds is 4. The third kappa shape index (κ3) is 4.40. The fourth-order valence-corrected chi connectivity index (χ4v) is 2.37. The van der Waals surface area contributed by atoms with Crippen LogP contribution in [0.1, 0.15) is 30.2 Å². The molecular weight excluding hydrogens is 249 g/mol. The second kappa shape index (κ2) is 5.18. The SMILES string of the molecule is OC(CCCC(F)(F)F)c1sccc1Cl. The second-order valence-corrected chi connectivity index (χ2v) is 4.51. The van der Waals surface area contributed by atoms with Crippen LogP contribution in [0.15, 0.2) is 11.4 Å². The maximum absolute atomic E-state index is 11.8. The molecule has 0 aliphatic rings. The molecule has 1 rings (SSSR count). The van der Waals surface area contributed by atoms with Gasteiger partial charge in [-0.15, -0.1) is 11.3 Å². The van der Waals surface area contributed by atoms with Gasteiger partial charge in [-0.05, 0) is 24.3 Å². The number of aliphatic hydroxyl groups is 1. The Morgan fingerprint density at radius 3 is 2.60 bits per heavy atom. The highest BCUT2D eigenvalue weighted by Crippen LogP contribution is 2.32. The van der Waals surface area contributed by atoms with Crippen LogP contribution in [-0.4, -0.2) is 11.3 Å². The lowest BCUT2D eigenvalue weighted by Gasteiger charge is -2.10. The van der Waals surface area contributed by atoms with Crippen LogP contribution in [0.4, 0.5) is 13.2 Å². The second-order valence-electron chi connectivity index (χ2n) is 3.16. The number of hydrogen-bond acceptors (Lipinski definition) is 2. The highest BCUT2D eigenvalue weighted by Gasteiger charge is 2.27. The van der Waals surface area contributed by atoms with Crippen LogP contribution in [0, 0.1) is 0 Å². The molecule has 0 saturated carbocycles. The predicted octanol–water partition coefficient (Wildman–Crippen LogP) is 4.17. The van der Waals surface area contributed by atoms with Gasteiger partial charge in [0.15, 0.2) is 0 Å². The average molecular weight is 259 g/mol. The van der Waals surface area contributed by atoms with Crippen molar-refractivity contribution in [3.8, 4) is 0 Å². The van der Waals surface area contributed by atoms with E-state index in [0.717, 1.165) is 0 Å².